The number of aryl methyl sites for hydroxylation is 1. The Morgan fingerprint density at radius 1 is 1.25 bits per heavy atom. The molecule has 0 bridgehead atoms. The number of hydrogen-bond donors (Lipinski definition) is 2. The van der Waals surface area contributed by atoms with Crippen LogP contribution in [0.25, 0.3) is 0 Å². The molecule has 1 aliphatic heterocycles. The van der Waals surface area contributed by atoms with Gasteiger partial charge in [0.1, 0.15) is 10.8 Å². The van der Waals surface area contributed by atoms with Crippen molar-refractivity contribution in [3.05, 3.63) is 16.7 Å². The zero-order valence-electron chi connectivity index (χ0n) is 14.3. The number of carbonyl (C=O) groups is 1. The molecule has 1 aromatic carbocycles. The molecular formula is C16H22ClN5O2. The number of hydrogen-bond acceptors (Lipinski definition) is 5. The molecule has 0 atom stereocenters. The first kappa shape index (κ1) is 18.1. The number of amides is 1. The van der Waals surface area contributed by atoms with E-state index >= 15 is 0 Å². The molecule has 1 fully saturated rings. The highest BCUT2D eigenvalue weighted by Gasteiger charge is 2.39. The van der Waals surface area contributed by atoms with Crippen LogP contribution in [0.4, 0.5) is 11.4 Å². The molecule has 0 spiro atoms. The number of nitrogen functional groups attached to an aromatic ring is 1. The van der Waals surface area contributed by atoms with Crippen molar-refractivity contribution in [2.75, 3.05) is 25.4 Å². The van der Waals surface area contributed by atoms with Crippen LogP contribution in [0.1, 0.15) is 26.3 Å². The van der Waals surface area contributed by atoms with Gasteiger partial charge in [0, 0.05) is 19.6 Å². The largest absolute Gasteiger partial charge is 0.506 e. The van der Waals surface area contributed by atoms with E-state index in [1.165, 1.54) is 0 Å². The van der Waals surface area contributed by atoms with Gasteiger partial charge in [0.05, 0.1) is 11.4 Å². The maximum absolute atomic E-state index is 12.7. The predicted molar refractivity (Wildman–Crippen MR) is 97.1 cm³/mol. The number of nitrogens with zero attached hydrogens (tertiary/aromatic N) is 4. The first-order chi connectivity index (χ1) is 11.4. The quantitative estimate of drug-likeness (QED) is 0.815. The molecule has 0 unspecified atom stereocenters. The summed E-state index contributed by atoms with van der Waals surface area (Å²) in [5.74, 6) is 0.213. The number of phenolic OH excluding ortho intramolecular Hbond substituents is 1. The second-order valence-corrected chi connectivity index (χ2v) is 5.66. The normalized spacial score (nSPS) is 18.3. The fraction of sp³-hybridized carbons (Fsp3) is 0.438. The van der Waals surface area contributed by atoms with Gasteiger partial charge in [-0.3, -0.25) is 14.8 Å². The summed E-state index contributed by atoms with van der Waals surface area (Å²) in [6.45, 7) is 9.07. The van der Waals surface area contributed by atoms with Gasteiger partial charge < -0.3 is 10.8 Å². The molecule has 8 heteroatoms. The summed E-state index contributed by atoms with van der Waals surface area (Å²) < 4.78 is 0. The van der Waals surface area contributed by atoms with Crippen molar-refractivity contribution in [1.82, 2.24) is 10.0 Å². The Labute approximate surface area is 146 Å². The molecule has 1 aliphatic rings. The summed E-state index contributed by atoms with van der Waals surface area (Å²) in [6, 6.07) is 1.60. The van der Waals surface area contributed by atoms with Crippen LogP contribution in [0, 0.1) is 6.92 Å². The number of carbonyl (C=O) groups excluding carboxylic acids is 1. The Kier molecular flexibility index (Phi) is 5.33. The molecule has 3 N–H and O–H groups in total. The van der Waals surface area contributed by atoms with Crippen LogP contribution in [0.3, 0.4) is 0 Å². The van der Waals surface area contributed by atoms with Crippen molar-refractivity contribution in [2.45, 2.75) is 27.7 Å². The molecule has 2 rings (SSSR count). The number of benzene rings is 1. The van der Waals surface area contributed by atoms with Gasteiger partial charge in [0.25, 0.3) is 5.91 Å². The fourth-order valence-corrected chi connectivity index (χ4v) is 2.83. The second-order valence-electron chi connectivity index (χ2n) is 5.28. The van der Waals surface area contributed by atoms with E-state index in [0.29, 0.717) is 36.7 Å². The highest BCUT2D eigenvalue weighted by molar-refractivity contribution is 6.69. The van der Waals surface area contributed by atoms with Crippen LogP contribution >= 0.6 is 11.6 Å². The topological polar surface area (TPSA) is 94.5 Å². The minimum Gasteiger partial charge on any atom is -0.506 e. The summed E-state index contributed by atoms with van der Waals surface area (Å²) in [4.78, 5) is 21.5. The van der Waals surface area contributed by atoms with E-state index in [2.05, 4.69) is 9.98 Å². The second kappa shape index (κ2) is 7.09. The van der Waals surface area contributed by atoms with E-state index in [1.54, 1.807) is 23.0 Å². The molecule has 0 aromatic heterocycles. The van der Waals surface area contributed by atoms with Crippen molar-refractivity contribution >= 4 is 40.4 Å². The molecular weight excluding hydrogens is 330 g/mol. The standard InChI is InChI=1S/C16H22ClN5O2/c1-5-19-15-13(16(24)22(7-3)21(15)6-2)20-10-8-9(4)14(23)11(17)12(10)18/h8,23H,5-7,18H2,1-4H3. The van der Waals surface area contributed by atoms with Crippen LogP contribution in [0.2, 0.25) is 5.02 Å². The summed E-state index contributed by atoms with van der Waals surface area (Å²) >= 11 is 6.04. The number of phenols is 1. The van der Waals surface area contributed by atoms with Crippen molar-refractivity contribution in [2.24, 2.45) is 9.98 Å². The summed E-state index contributed by atoms with van der Waals surface area (Å²) in [6.07, 6.45) is 0. The number of rotatable bonds is 4. The minimum atomic E-state index is -0.229. The first-order valence-electron chi connectivity index (χ1n) is 7.87. The van der Waals surface area contributed by atoms with Gasteiger partial charge in [-0.15, -0.1) is 0 Å². The summed E-state index contributed by atoms with van der Waals surface area (Å²) in [5, 5.41) is 13.3. The Hall–Kier alpha value is -2.28. The molecule has 0 saturated carbocycles. The molecule has 7 nitrogen and oxygen atoms in total. The van der Waals surface area contributed by atoms with Crippen LogP contribution in [0.15, 0.2) is 16.1 Å². The maximum atomic E-state index is 12.7. The van der Waals surface area contributed by atoms with Crippen LogP contribution in [-0.2, 0) is 4.79 Å². The monoisotopic (exact) mass is 351 g/mol. The number of amidine groups is 1. The zero-order chi connectivity index (χ0) is 18.0. The SMILES string of the molecule is CCN=C1C(=Nc2cc(C)c(O)c(Cl)c2N)C(=O)N(CC)N1CC. The van der Waals surface area contributed by atoms with Gasteiger partial charge in [-0.2, -0.15) is 0 Å². The third-order valence-electron chi connectivity index (χ3n) is 3.77. The molecule has 1 amide bonds. The Balaban J connectivity index is 2.63. The lowest BCUT2D eigenvalue weighted by molar-refractivity contribution is -0.131. The smallest absolute Gasteiger partial charge is 0.294 e. The zero-order valence-corrected chi connectivity index (χ0v) is 15.1. The van der Waals surface area contributed by atoms with E-state index in [-0.39, 0.29) is 28.1 Å². The van der Waals surface area contributed by atoms with E-state index in [0.717, 1.165) is 0 Å². The number of hydrazine groups is 1. The molecule has 1 heterocycles. The number of nitrogens with two attached hydrogens (primary N) is 1. The number of anilines is 1. The van der Waals surface area contributed by atoms with Gasteiger partial charge in [0.2, 0.25) is 0 Å². The summed E-state index contributed by atoms with van der Waals surface area (Å²) in [5.41, 5.74) is 7.19. The Morgan fingerprint density at radius 2 is 1.88 bits per heavy atom. The van der Waals surface area contributed by atoms with Crippen molar-refractivity contribution in [3.8, 4) is 5.75 Å². The van der Waals surface area contributed by atoms with Crippen LogP contribution in [0.5, 0.6) is 5.75 Å². The molecule has 130 valence electrons. The highest BCUT2D eigenvalue weighted by atomic mass is 35.5. The number of aliphatic imine (C=N–C) groups is 2. The van der Waals surface area contributed by atoms with E-state index in [4.69, 9.17) is 17.3 Å². The van der Waals surface area contributed by atoms with Gasteiger partial charge in [0.15, 0.2) is 11.5 Å². The molecule has 24 heavy (non-hydrogen) atoms. The lowest BCUT2D eigenvalue weighted by atomic mass is 10.1. The van der Waals surface area contributed by atoms with Crippen LogP contribution in [-0.4, -0.2) is 52.2 Å². The van der Waals surface area contributed by atoms with Crippen molar-refractivity contribution in [1.29, 1.82) is 0 Å². The Bertz CT molecular complexity index is 730. The molecule has 0 aliphatic carbocycles. The number of aromatic hydroxyl groups is 1. The fourth-order valence-electron chi connectivity index (χ4n) is 2.58. The lowest BCUT2D eigenvalue weighted by Gasteiger charge is -2.26. The third kappa shape index (κ3) is 2.91. The van der Waals surface area contributed by atoms with Gasteiger partial charge in [-0.05, 0) is 39.3 Å². The van der Waals surface area contributed by atoms with E-state index in [9.17, 15) is 9.90 Å². The van der Waals surface area contributed by atoms with Gasteiger partial charge in [-0.1, -0.05) is 11.6 Å². The third-order valence-corrected chi connectivity index (χ3v) is 4.15. The Morgan fingerprint density at radius 3 is 2.42 bits per heavy atom. The first-order valence-corrected chi connectivity index (χ1v) is 8.25. The van der Waals surface area contributed by atoms with Crippen LogP contribution < -0.4 is 5.73 Å². The van der Waals surface area contributed by atoms with Gasteiger partial charge in [-0.25, -0.2) is 10.0 Å². The molecule has 1 saturated heterocycles. The lowest BCUT2D eigenvalue weighted by Crippen LogP contribution is -2.40. The van der Waals surface area contributed by atoms with E-state index in [1.807, 2.05) is 20.8 Å². The average Bonchev–Trinajstić information content (AvgIpc) is 2.82. The number of halogens is 1. The maximum Gasteiger partial charge on any atom is 0.294 e. The summed E-state index contributed by atoms with van der Waals surface area (Å²) in [7, 11) is 0. The average molecular weight is 352 g/mol. The predicted octanol–water partition coefficient (Wildman–Crippen LogP) is 2.53. The molecule has 1 aromatic rings. The van der Waals surface area contributed by atoms with Crippen molar-refractivity contribution < 1.29 is 9.90 Å². The van der Waals surface area contributed by atoms with E-state index < -0.39 is 0 Å². The van der Waals surface area contributed by atoms with Crippen molar-refractivity contribution in [3.63, 3.8) is 0 Å². The van der Waals surface area contributed by atoms with Gasteiger partial charge >= 0.3 is 0 Å². The molecule has 0 radical (unpaired) electrons. The highest BCUT2D eigenvalue weighted by Crippen LogP contribution is 2.39. The minimum absolute atomic E-state index is 0.0356.